The van der Waals surface area contributed by atoms with E-state index in [2.05, 4.69) is 20.8 Å². The van der Waals surface area contributed by atoms with E-state index < -0.39 is 0 Å². The predicted molar refractivity (Wildman–Crippen MR) is 44.6 cm³/mol. The van der Waals surface area contributed by atoms with Crippen molar-refractivity contribution >= 4 is 19.4 Å². The Morgan fingerprint density at radius 2 is 2.44 bits per heavy atom. The van der Waals surface area contributed by atoms with Gasteiger partial charge < -0.3 is 0 Å². The Morgan fingerprint density at radius 1 is 1.78 bits per heavy atom. The van der Waals surface area contributed by atoms with Crippen LogP contribution in [0.4, 0.5) is 0 Å². The van der Waals surface area contributed by atoms with Gasteiger partial charge in [0.2, 0.25) is 0 Å². The van der Waals surface area contributed by atoms with E-state index in [0.29, 0.717) is 5.82 Å². The van der Waals surface area contributed by atoms with E-state index in [1.54, 1.807) is 0 Å². The van der Waals surface area contributed by atoms with E-state index in [9.17, 15) is 0 Å². The molecule has 0 N–H and O–H groups in total. The van der Waals surface area contributed by atoms with Crippen LogP contribution < -0.4 is 0 Å². The normalized spacial score (nSPS) is 27.1. The number of rotatable bonds is 0. The maximum absolute atomic E-state index is 5.79. The highest BCUT2D eigenvalue weighted by Gasteiger charge is 2.05. The Bertz CT molecular complexity index is 170. The molecule has 0 saturated heterocycles. The van der Waals surface area contributed by atoms with Crippen molar-refractivity contribution in [2.75, 3.05) is 0 Å². The second kappa shape index (κ2) is 2.61. The Hall–Kier alpha value is -0.165. The fourth-order valence-corrected chi connectivity index (χ4v) is 1.58. The van der Waals surface area contributed by atoms with Gasteiger partial charge in [0.1, 0.15) is 7.85 Å². The van der Waals surface area contributed by atoms with Crippen molar-refractivity contribution < 1.29 is 0 Å². The first kappa shape index (κ1) is 6.95. The number of allylic oxidation sites excluding steroid dienone is 4. The first-order chi connectivity index (χ1) is 4.18. The summed E-state index contributed by atoms with van der Waals surface area (Å²) < 4.78 is 0. The molecule has 0 amide bonds. The monoisotopic (exact) mass is 140 g/mol. The van der Waals surface area contributed by atoms with Gasteiger partial charge in [0.25, 0.3) is 0 Å². The third-order valence-corrected chi connectivity index (χ3v) is 1.71. The molecule has 0 radical (unpaired) electrons. The highest BCUT2D eigenvalue weighted by molar-refractivity contribution is 6.32. The van der Waals surface area contributed by atoms with Crippen molar-refractivity contribution in [1.29, 1.82) is 0 Å². The molecular weight excluding hydrogens is 130 g/mol. The molecule has 0 fully saturated rings. The van der Waals surface area contributed by atoms with Gasteiger partial charge >= 0.3 is 0 Å². The molecular formula is C7H10BCl. The van der Waals surface area contributed by atoms with E-state index >= 15 is 0 Å². The summed E-state index contributed by atoms with van der Waals surface area (Å²) in [6, 6.07) is 0. The average Bonchev–Trinajstić information content (AvgIpc) is 1.59. The molecule has 0 nitrogen and oxygen atoms in total. The predicted octanol–water partition coefficient (Wildman–Crippen LogP) is 1.88. The molecule has 0 heterocycles. The zero-order valence-electron chi connectivity index (χ0n) is 5.82. The molecule has 0 aromatic heterocycles. The highest BCUT2D eigenvalue weighted by atomic mass is 35.5. The summed E-state index contributed by atoms with van der Waals surface area (Å²) in [4.78, 5) is 0. The SMILES string of the molecule is BC1C=C(Cl)C=C(C)C1. The molecule has 1 rings (SSSR count). The van der Waals surface area contributed by atoms with Crippen molar-refractivity contribution in [2.24, 2.45) is 0 Å². The molecule has 48 valence electrons. The van der Waals surface area contributed by atoms with Crippen LogP contribution in [0.2, 0.25) is 5.82 Å². The van der Waals surface area contributed by atoms with E-state index in [-0.39, 0.29) is 0 Å². The zero-order chi connectivity index (χ0) is 6.85. The lowest BCUT2D eigenvalue weighted by Gasteiger charge is -2.11. The lowest BCUT2D eigenvalue weighted by atomic mass is 9.80. The van der Waals surface area contributed by atoms with Gasteiger partial charge in [-0.25, -0.2) is 0 Å². The van der Waals surface area contributed by atoms with E-state index in [1.165, 1.54) is 5.57 Å². The van der Waals surface area contributed by atoms with E-state index in [1.807, 2.05) is 6.08 Å². The summed E-state index contributed by atoms with van der Waals surface area (Å²) >= 11 is 5.79. The standard InChI is InChI=1S/C7H10BCl/c1-5-2-6(8)4-7(9)3-5/h3-4,6H,2,8H2,1H3. The van der Waals surface area contributed by atoms with Crippen LogP contribution in [0.1, 0.15) is 13.3 Å². The topological polar surface area (TPSA) is 0 Å². The smallest absolute Gasteiger partial charge is 0.0847 e. The number of hydrogen-bond acceptors (Lipinski definition) is 0. The van der Waals surface area contributed by atoms with Crippen molar-refractivity contribution in [2.45, 2.75) is 19.2 Å². The van der Waals surface area contributed by atoms with Gasteiger partial charge in [-0.3, -0.25) is 0 Å². The van der Waals surface area contributed by atoms with Gasteiger partial charge in [-0.2, -0.15) is 0 Å². The van der Waals surface area contributed by atoms with Crippen LogP contribution in [0.3, 0.4) is 0 Å². The molecule has 0 aromatic carbocycles. The third kappa shape index (κ3) is 1.90. The summed E-state index contributed by atoms with van der Waals surface area (Å²) in [5, 5.41) is 0.895. The minimum Gasteiger partial charge on any atom is -0.0847 e. The molecule has 0 aliphatic heterocycles. The van der Waals surface area contributed by atoms with Gasteiger partial charge in [-0.05, 0) is 25.2 Å². The van der Waals surface area contributed by atoms with Crippen LogP contribution in [-0.2, 0) is 0 Å². The fraction of sp³-hybridized carbons (Fsp3) is 0.429. The number of hydrogen-bond donors (Lipinski definition) is 0. The molecule has 1 unspecified atom stereocenters. The van der Waals surface area contributed by atoms with Crippen LogP contribution in [-0.4, -0.2) is 7.85 Å². The minimum atomic E-state index is 0.627. The molecule has 1 atom stereocenters. The van der Waals surface area contributed by atoms with Crippen molar-refractivity contribution in [1.82, 2.24) is 0 Å². The highest BCUT2D eigenvalue weighted by Crippen LogP contribution is 2.25. The lowest BCUT2D eigenvalue weighted by Crippen LogP contribution is -1.94. The van der Waals surface area contributed by atoms with Gasteiger partial charge in [-0.15, -0.1) is 0 Å². The van der Waals surface area contributed by atoms with Gasteiger partial charge in [0, 0.05) is 5.03 Å². The van der Waals surface area contributed by atoms with Crippen molar-refractivity contribution in [3.8, 4) is 0 Å². The second-order valence-corrected chi connectivity index (χ2v) is 3.16. The quantitative estimate of drug-likeness (QED) is 0.451. The van der Waals surface area contributed by atoms with Crippen LogP contribution in [0.5, 0.6) is 0 Å². The Labute approximate surface area is 62.0 Å². The second-order valence-electron chi connectivity index (χ2n) is 2.72. The van der Waals surface area contributed by atoms with Crippen molar-refractivity contribution in [3.05, 3.63) is 22.8 Å². The Kier molecular flexibility index (Phi) is 2.02. The van der Waals surface area contributed by atoms with Crippen molar-refractivity contribution in [3.63, 3.8) is 0 Å². The summed E-state index contributed by atoms with van der Waals surface area (Å²) in [5.74, 6) is 0.627. The zero-order valence-corrected chi connectivity index (χ0v) is 6.57. The van der Waals surface area contributed by atoms with Gasteiger partial charge in [-0.1, -0.05) is 23.3 Å². The maximum Gasteiger partial charge on any atom is 0.110 e. The first-order valence-electron chi connectivity index (χ1n) is 3.23. The first-order valence-corrected chi connectivity index (χ1v) is 3.61. The molecule has 9 heavy (non-hydrogen) atoms. The van der Waals surface area contributed by atoms with Gasteiger partial charge in [0.05, 0.1) is 0 Å². The van der Waals surface area contributed by atoms with E-state index in [4.69, 9.17) is 11.6 Å². The molecule has 0 bridgehead atoms. The van der Waals surface area contributed by atoms with E-state index in [0.717, 1.165) is 11.5 Å². The molecule has 0 spiro atoms. The van der Waals surface area contributed by atoms with Crippen LogP contribution >= 0.6 is 11.6 Å². The molecule has 2 heteroatoms. The summed E-state index contributed by atoms with van der Waals surface area (Å²) in [6.07, 6.45) is 5.28. The van der Waals surface area contributed by atoms with Crippen LogP contribution in [0.15, 0.2) is 22.8 Å². The molecule has 1 aliphatic rings. The third-order valence-electron chi connectivity index (χ3n) is 1.47. The summed E-state index contributed by atoms with van der Waals surface area (Å²) in [7, 11) is 2.18. The van der Waals surface area contributed by atoms with Crippen LogP contribution in [0.25, 0.3) is 0 Å². The fourth-order valence-electron chi connectivity index (χ4n) is 1.18. The van der Waals surface area contributed by atoms with Crippen LogP contribution in [0, 0.1) is 0 Å². The average molecular weight is 140 g/mol. The largest absolute Gasteiger partial charge is 0.110 e. The Morgan fingerprint density at radius 3 is 2.89 bits per heavy atom. The maximum atomic E-state index is 5.79. The Balaban J connectivity index is 2.74. The molecule has 1 aliphatic carbocycles. The number of halogens is 1. The summed E-state index contributed by atoms with van der Waals surface area (Å²) in [6.45, 7) is 2.12. The summed E-state index contributed by atoms with van der Waals surface area (Å²) in [5.41, 5.74) is 1.38. The molecule has 0 aromatic rings. The van der Waals surface area contributed by atoms with Gasteiger partial charge in [0.15, 0.2) is 0 Å². The molecule has 0 saturated carbocycles. The minimum absolute atomic E-state index is 0.627. The lowest BCUT2D eigenvalue weighted by molar-refractivity contribution is 0.952.